The van der Waals surface area contributed by atoms with Gasteiger partial charge < -0.3 is 14.5 Å². The number of aromatic amines is 1. The molecule has 2 aromatic heterocycles. The molecule has 0 spiro atoms. The van der Waals surface area contributed by atoms with Crippen LogP contribution < -0.4 is 4.90 Å². The minimum Gasteiger partial charge on any atom is -0.378 e. The first-order chi connectivity index (χ1) is 11.3. The first-order valence-electron chi connectivity index (χ1n) is 8.21. The number of piperidine rings is 1. The molecule has 4 heterocycles. The fourth-order valence-electron chi connectivity index (χ4n) is 3.51. The molecule has 0 atom stereocenters. The number of morpholine rings is 1. The Bertz CT molecular complexity index is 687. The topological polar surface area (TPSA) is 74.4 Å². The van der Waals surface area contributed by atoms with Gasteiger partial charge in [0.25, 0.3) is 0 Å². The Morgan fingerprint density at radius 1 is 1.22 bits per heavy atom. The highest BCUT2D eigenvalue weighted by Crippen LogP contribution is 2.32. The number of carbonyl (C=O) groups is 1. The summed E-state index contributed by atoms with van der Waals surface area (Å²) < 4.78 is 5.42. The van der Waals surface area contributed by atoms with Gasteiger partial charge in [0.15, 0.2) is 5.65 Å². The van der Waals surface area contributed by atoms with Gasteiger partial charge >= 0.3 is 0 Å². The van der Waals surface area contributed by atoms with E-state index in [0.29, 0.717) is 5.92 Å². The molecule has 0 bridgehead atoms. The lowest BCUT2D eigenvalue weighted by Gasteiger charge is -2.29. The second kappa shape index (κ2) is 6.16. The number of nitrogens with zero attached hydrogens (tertiary/aromatic N) is 4. The summed E-state index contributed by atoms with van der Waals surface area (Å²) in [6, 6.07) is 2.19. The van der Waals surface area contributed by atoms with E-state index in [1.165, 1.54) is 0 Å². The minimum absolute atomic E-state index is 0.415. The van der Waals surface area contributed by atoms with Crippen molar-refractivity contribution in [1.82, 2.24) is 20.1 Å². The van der Waals surface area contributed by atoms with Crippen LogP contribution in [0.25, 0.3) is 11.0 Å². The summed E-state index contributed by atoms with van der Waals surface area (Å²) in [7, 11) is 0. The zero-order valence-corrected chi connectivity index (χ0v) is 13.1. The van der Waals surface area contributed by atoms with Crippen molar-refractivity contribution in [3.8, 4) is 0 Å². The molecule has 2 aromatic rings. The Balaban J connectivity index is 1.61. The van der Waals surface area contributed by atoms with E-state index in [1.807, 2.05) is 11.1 Å². The molecule has 2 fully saturated rings. The lowest BCUT2D eigenvalue weighted by molar-refractivity contribution is -0.119. The molecule has 1 N–H and O–H groups in total. The maximum Gasteiger partial charge on any atom is 0.209 e. The van der Waals surface area contributed by atoms with Crippen LogP contribution in [0.3, 0.4) is 0 Å². The summed E-state index contributed by atoms with van der Waals surface area (Å²) >= 11 is 0. The fraction of sp³-hybridized carbons (Fsp3) is 0.562. The second-order valence-electron chi connectivity index (χ2n) is 6.22. The molecular formula is C16H21N5O2. The molecule has 0 saturated carbocycles. The van der Waals surface area contributed by atoms with Gasteiger partial charge in [0.05, 0.1) is 25.1 Å². The molecule has 2 saturated heterocycles. The molecule has 122 valence electrons. The highest BCUT2D eigenvalue weighted by molar-refractivity contribution is 5.81. The van der Waals surface area contributed by atoms with Gasteiger partial charge in [-0.1, -0.05) is 0 Å². The number of rotatable bonds is 3. The molecule has 4 rings (SSSR count). The number of likely N-dealkylation sites (tertiary alicyclic amines) is 1. The van der Waals surface area contributed by atoms with Crippen LogP contribution in [0.15, 0.2) is 12.3 Å². The Hall–Kier alpha value is -2.15. The molecule has 0 aliphatic carbocycles. The molecule has 2 aliphatic heterocycles. The Kier molecular flexibility index (Phi) is 3.87. The van der Waals surface area contributed by atoms with E-state index in [-0.39, 0.29) is 0 Å². The summed E-state index contributed by atoms with van der Waals surface area (Å²) in [6.45, 7) is 4.95. The number of fused-ring (bicyclic) bond motifs is 1. The van der Waals surface area contributed by atoms with Gasteiger partial charge in [-0.05, 0) is 18.9 Å². The number of hydrogen-bond donors (Lipinski definition) is 1. The zero-order valence-electron chi connectivity index (χ0n) is 13.1. The molecule has 1 amide bonds. The lowest BCUT2D eigenvalue weighted by atomic mass is 9.92. The standard InChI is InChI=1S/C16H21N5O2/c22-11-20-3-1-12(2-4-20)15-14-9-13(10-17-16(14)19-18-15)21-5-7-23-8-6-21/h9-12H,1-8H2,(H,17,18,19). The van der Waals surface area contributed by atoms with Crippen LogP contribution in [0.1, 0.15) is 24.5 Å². The number of anilines is 1. The third kappa shape index (κ3) is 2.76. The Labute approximate surface area is 134 Å². The van der Waals surface area contributed by atoms with Crippen LogP contribution in [0.2, 0.25) is 0 Å². The molecule has 7 nitrogen and oxygen atoms in total. The number of aromatic nitrogens is 3. The highest BCUT2D eigenvalue weighted by Gasteiger charge is 2.24. The summed E-state index contributed by atoms with van der Waals surface area (Å²) in [5, 5.41) is 8.65. The van der Waals surface area contributed by atoms with Gasteiger partial charge in [-0.2, -0.15) is 5.10 Å². The SMILES string of the molecule is O=CN1CCC(c2[nH]nc3ncc(N4CCOCC4)cc23)CC1. The highest BCUT2D eigenvalue weighted by atomic mass is 16.5. The van der Waals surface area contributed by atoms with Crippen LogP contribution >= 0.6 is 0 Å². The van der Waals surface area contributed by atoms with Crippen molar-refractivity contribution in [1.29, 1.82) is 0 Å². The maximum atomic E-state index is 10.9. The van der Waals surface area contributed by atoms with E-state index in [9.17, 15) is 4.79 Å². The minimum atomic E-state index is 0.415. The van der Waals surface area contributed by atoms with Gasteiger partial charge in [-0.15, -0.1) is 0 Å². The van der Waals surface area contributed by atoms with Crippen molar-refractivity contribution in [3.05, 3.63) is 18.0 Å². The predicted octanol–water partition coefficient (Wildman–Crippen LogP) is 1.13. The number of carbonyl (C=O) groups excluding carboxylic acids is 1. The summed E-state index contributed by atoms with van der Waals surface area (Å²) in [6.07, 6.45) is 4.78. The first-order valence-corrected chi connectivity index (χ1v) is 8.21. The van der Waals surface area contributed by atoms with Crippen LogP contribution in [-0.4, -0.2) is 65.9 Å². The maximum absolute atomic E-state index is 10.9. The van der Waals surface area contributed by atoms with Crippen LogP contribution in [0.5, 0.6) is 0 Å². The van der Waals surface area contributed by atoms with Crippen molar-refractivity contribution < 1.29 is 9.53 Å². The Morgan fingerprint density at radius 3 is 2.74 bits per heavy atom. The number of amides is 1. The zero-order chi connectivity index (χ0) is 15.6. The smallest absolute Gasteiger partial charge is 0.209 e. The van der Waals surface area contributed by atoms with E-state index in [1.54, 1.807) is 0 Å². The third-order valence-corrected chi connectivity index (χ3v) is 4.89. The number of ether oxygens (including phenoxy) is 1. The lowest BCUT2D eigenvalue weighted by Crippen LogP contribution is -2.36. The van der Waals surface area contributed by atoms with Crippen molar-refractivity contribution in [3.63, 3.8) is 0 Å². The largest absolute Gasteiger partial charge is 0.378 e. The molecule has 0 radical (unpaired) electrons. The quantitative estimate of drug-likeness (QED) is 0.860. The average Bonchev–Trinajstić information content (AvgIpc) is 3.05. The van der Waals surface area contributed by atoms with Gasteiger partial charge in [0.2, 0.25) is 6.41 Å². The number of hydrogen-bond acceptors (Lipinski definition) is 5. The van der Waals surface area contributed by atoms with E-state index < -0.39 is 0 Å². The summed E-state index contributed by atoms with van der Waals surface area (Å²) in [5.41, 5.74) is 3.07. The predicted molar refractivity (Wildman–Crippen MR) is 86.5 cm³/mol. The Morgan fingerprint density at radius 2 is 2.00 bits per heavy atom. The third-order valence-electron chi connectivity index (χ3n) is 4.89. The summed E-state index contributed by atoms with van der Waals surface area (Å²) in [4.78, 5) is 19.5. The van der Waals surface area contributed by atoms with Gasteiger partial charge in [0, 0.05) is 43.2 Å². The van der Waals surface area contributed by atoms with Crippen molar-refractivity contribution in [2.75, 3.05) is 44.3 Å². The van der Waals surface area contributed by atoms with E-state index in [0.717, 1.165) is 81.1 Å². The molecule has 0 unspecified atom stereocenters. The van der Waals surface area contributed by atoms with Crippen LogP contribution in [0, 0.1) is 0 Å². The number of nitrogens with one attached hydrogen (secondary N) is 1. The number of pyridine rings is 1. The molecular weight excluding hydrogens is 294 g/mol. The molecule has 2 aliphatic rings. The summed E-state index contributed by atoms with van der Waals surface area (Å²) in [5.74, 6) is 0.415. The second-order valence-corrected chi connectivity index (χ2v) is 6.22. The average molecular weight is 315 g/mol. The van der Waals surface area contributed by atoms with Crippen molar-refractivity contribution in [2.45, 2.75) is 18.8 Å². The van der Waals surface area contributed by atoms with E-state index in [2.05, 4.69) is 26.1 Å². The van der Waals surface area contributed by atoms with Crippen molar-refractivity contribution in [2.24, 2.45) is 0 Å². The van der Waals surface area contributed by atoms with Crippen LogP contribution in [0.4, 0.5) is 5.69 Å². The molecule has 0 aromatic carbocycles. The van der Waals surface area contributed by atoms with Crippen LogP contribution in [-0.2, 0) is 9.53 Å². The molecule has 7 heteroatoms. The number of H-pyrrole nitrogens is 1. The molecule has 23 heavy (non-hydrogen) atoms. The van der Waals surface area contributed by atoms with Gasteiger partial charge in [0.1, 0.15) is 0 Å². The van der Waals surface area contributed by atoms with Crippen molar-refractivity contribution >= 4 is 23.1 Å². The van der Waals surface area contributed by atoms with E-state index >= 15 is 0 Å². The van der Waals surface area contributed by atoms with Gasteiger partial charge in [-0.3, -0.25) is 9.89 Å². The van der Waals surface area contributed by atoms with E-state index in [4.69, 9.17) is 4.74 Å². The normalized spacial score (nSPS) is 20.2. The fourth-order valence-corrected chi connectivity index (χ4v) is 3.51. The monoisotopic (exact) mass is 315 g/mol. The van der Waals surface area contributed by atoms with Gasteiger partial charge in [-0.25, -0.2) is 4.98 Å². The first kappa shape index (κ1) is 14.4.